The summed E-state index contributed by atoms with van der Waals surface area (Å²) in [6.45, 7) is 0.421. The fourth-order valence-electron chi connectivity index (χ4n) is 1.04. The number of benzene rings is 1. The summed E-state index contributed by atoms with van der Waals surface area (Å²) >= 11 is 5.80. The number of phenolic OH excluding ortho intramolecular Hbond substituents is 1. The zero-order valence-electron chi connectivity index (χ0n) is 7.83. The van der Waals surface area contributed by atoms with Gasteiger partial charge in [-0.2, -0.15) is 0 Å². The van der Waals surface area contributed by atoms with E-state index in [1.165, 1.54) is 13.2 Å². The molecule has 3 nitrogen and oxygen atoms in total. The van der Waals surface area contributed by atoms with E-state index in [0.29, 0.717) is 22.9 Å². The van der Waals surface area contributed by atoms with Gasteiger partial charge in [0.25, 0.3) is 0 Å². The van der Waals surface area contributed by atoms with Crippen molar-refractivity contribution in [3.8, 4) is 11.5 Å². The van der Waals surface area contributed by atoms with Crippen LogP contribution in [-0.2, 0) is 0 Å². The number of halogens is 1. The van der Waals surface area contributed by atoms with Gasteiger partial charge in [-0.1, -0.05) is 23.8 Å². The zero-order valence-corrected chi connectivity index (χ0v) is 8.58. The van der Waals surface area contributed by atoms with Crippen LogP contribution < -0.4 is 10.5 Å². The first-order chi connectivity index (χ1) is 6.69. The molecule has 0 aliphatic carbocycles. The third kappa shape index (κ3) is 2.40. The zero-order chi connectivity index (χ0) is 10.6. The number of ether oxygens (including phenoxy) is 1. The van der Waals surface area contributed by atoms with Crippen LogP contribution in [0.15, 0.2) is 18.2 Å². The second kappa shape index (κ2) is 4.88. The number of methoxy groups -OCH3 is 1. The van der Waals surface area contributed by atoms with Gasteiger partial charge in [-0.05, 0) is 6.07 Å². The molecule has 0 spiro atoms. The van der Waals surface area contributed by atoms with E-state index in [0.717, 1.165) is 0 Å². The summed E-state index contributed by atoms with van der Waals surface area (Å²) in [6.07, 6.45) is 3.45. The van der Waals surface area contributed by atoms with Gasteiger partial charge in [-0.25, -0.2) is 0 Å². The van der Waals surface area contributed by atoms with E-state index in [9.17, 15) is 5.11 Å². The molecule has 3 N–H and O–H groups in total. The first-order valence-electron chi connectivity index (χ1n) is 4.12. The normalized spacial score (nSPS) is 10.8. The number of rotatable bonds is 3. The smallest absolute Gasteiger partial charge is 0.138 e. The summed E-state index contributed by atoms with van der Waals surface area (Å²) < 4.78 is 5.01. The summed E-state index contributed by atoms with van der Waals surface area (Å²) in [6, 6.07) is 3.10. The predicted molar refractivity (Wildman–Crippen MR) is 57.8 cm³/mol. The Morgan fingerprint density at radius 2 is 2.29 bits per heavy atom. The molecule has 0 unspecified atom stereocenters. The van der Waals surface area contributed by atoms with Crippen LogP contribution in [0, 0.1) is 0 Å². The molecular weight excluding hydrogens is 202 g/mol. The largest absolute Gasteiger partial charge is 0.507 e. The number of hydrogen-bond acceptors (Lipinski definition) is 3. The maximum atomic E-state index is 9.51. The maximum absolute atomic E-state index is 9.51. The molecular formula is C10H12ClNO2. The highest BCUT2D eigenvalue weighted by Crippen LogP contribution is 2.32. The van der Waals surface area contributed by atoms with E-state index in [2.05, 4.69) is 0 Å². The minimum Gasteiger partial charge on any atom is -0.507 e. The van der Waals surface area contributed by atoms with Gasteiger partial charge in [0.15, 0.2) is 0 Å². The minimum atomic E-state index is 0.112. The van der Waals surface area contributed by atoms with Crippen LogP contribution in [0.4, 0.5) is 0 Å². The molecule has 0 amide bonds. The summed E-state index contributed by atoms with van der Waals surface area (Å²) in [5, 5.41) is 9.89. The fraction of sp³-hybridized carbons (Fsp3) is 0.200. The topological polar surface area (TPSA) is 55.5 Å². The lowest BCUT2D eigenvalue weighted by molar-refractivity contribution is 0.412. The SMILES string of the molecule is COc1cc(/C=C/CN)c(O)cc1Cl. The van der Waals surface area contributed by atoms with Gasteiger partial charge in [0.1, 0.15) is 11.5 Å². The van der Waals surface area contributed by atoms with Crippen LogP contribution in [-0.4, -0.2) is 18.8 Å². The maximum Gasteiger partial charge on any atom is 0.138 e. The van der Waals surface area contributed by atoms with Crippen molar-refractivity contribution in [1.82, 2.24) is 0 Å². The number of nitrogens with two attached hydrogens (primary N) is 1. The van der Waals surface area contributed by atoms with E-state index in [1.54, 1.807) is 18.2 Å². The van der Waals surface area contributed by atoms with Gasteiger partial charge in [0, 0.05) is 18.2 Å². The molecule has 0 aromatic heterocycles. The van der Waals surface area contributed by atoms with E-state index in [4.69, 9.17) is 22.1 Å². The average Bonchev–Trinajstić information content (AvgIpc) is 2.17. The van der Waals surface area contributed by atoms with Crippen molar-refractivity contribution in [3.63, 3.8) is 0 Å². The summed E-state index contributed by atoms with van der Waals surface area (Å²) in [7, 11) is 1.52. The minimum absolute atomic E-state index is 0.112. The highest BCUT2D eigenvalue weighted by atomic mass is 35.5. The second-order valence-electron chi connectivity index (χ2n) is 2.68. The molecule has 4 heteroatoms. The Morgan fingerprint density at radius 3 is 2.86 bits per heavy atom. The summed E-state index contributed by atoms with van der Waals surface area (Å²) in [5.41, 5.74) is 5.94. The molecule has 1 rings (SSSR count). The number of phenols is 1. The van der Waals surface area contributed by atoms with Crippen LogP contribution in [0.3, 0.4) is 0 Å². The summed E-state index contributed by atoms with van der Waals surface area (Å²) in [5.74, 6) is 0.640. The van der Waals surface area contributed by atoms with Crippen molar-refractivity contribution in [3.05, 3.63) is 28.8 Å². The highest BCUT2D eigenvalue weighted by Gasteiger charge is 2.05. The van der Waals surface area contributed by atoms with Crippen molar-refractivity contribution >= 4 is 17.7 Å². The molecule has 0 radical (unpaired) electrons. The molecule has 1 aromatic carbocycles. The lowest BCUT2D eigenvalue weighted by Crippen LogP contribution is -1.92. The molecule has 1 aromatic rings. The first kappa shape index (κ1) is 10.9. The Kier molecular flexibility index (Phi) is 3.80. The standard InChI is InChI=1S/C10H12ClNO2/c1-14-10-5-7(3-2-4-12)9(13)6-8(10)11/h2-3,5-6,13H,4,12H2,1H3/b3-2+. The third-order valence-electron chi connectivity index (χ3n) is 1.73. The number of hydrogen-bond donors (Lipinski definition) is 2. The third-order valence-corrected chi connectivity index (χ3v) is 2.03. The van der Waals surface area contributed by atoms with Crippen molar-refractivity contribution in [2.24, 2.45) is 5.73 Å². The number of aromatic hydroxyl groups is 1. The molecule has 0 heterocycles. The van der Waals surface area contributed by atoms with Crippen LogP contribution in [0.25, 0.3) is 6.08 Å². The predicted octanol–water partition coefficient (Wildman–Crippen LogP) is 2.03. The quantitative estimate of drug-likeness (QED) is 0.808. The molecule has 0 saturated heterocycles. The van der Waals surface area contributed by atoms with Crippen molar-refractivity contribution in [2.45, 2.75) is 0 Å². The molecule has 0 fully saturated rings. The van der Waals surface area contributed by atoms with E-state index in [-0.39, 0.29) is 5.75 Å². The van der Waals surface area contributed by atoms with Crippen molar-refractivity contribution < 1.29 is 9.84 Å². The van der Waals surface area contributed by atoms with Crippen molar-refractivity contribution in [2.75, 3.05) is 13.7 Å². The molecule has 0 saturated carbocycles. The average molecular weight is 214 g/mol. The van der Waals surface area contributed by atoms with Gasteiger partial charge in [-0.15, -0.1) is 0 Å². The van der Waals surface area contributed by atoms with Crippen molar-refractivity contribution in [1.29, 1.82) is 0 Å². The highest BCUT2D eigenvalue weighted by molar-refractivity contribution is 6.32. The van der Waals surface area contributed by atoms with E-state index < -0.39 is 0 Å². The Labute approximate surface area is 87.8 Å². The van der Waals surface area contributed by atoms with Crippen LogP contribution in [0.1, 0.15) is 5.56 Å². The fourth-order valence-corrected chi connectivity index (χ4v) is 1.28. The first-order valence-corrected chi connectivity index (χ1v) is 4.50. The van der Waals surface area contributed by atoms with Crippen LogP contribution >= 0.6 is 11.6 Å². The Bertz CT molecular complexity index is 350. The lowest BCUT2D eigenvalue weighted by atomic mass is 10.1. The Hall–Kier alpha value is -1.19. The van der Waals surface area contributed by atoms with Crippen LogP contribution in [0.5, 0.6) is 11.5 Å². The molecule has 0 bridgehead atoms. The van der Waals surface area contributed by atoms with E-state index in [1.807, 2.05) is 0 Å². The Balaban J connectivity index is 3.10. The van der Waals surface area contributed by atoms with Gasteiger partial charge in [0.2, 0.25) is 0 Å². The van der Waals surface area contributed by atoms with Gasteiger partial charge < -0.3 is 15.6 Å². The molecule has 0 atom stereocenters. The van der Waals surface area contributed by atoms with Gasteiger partial charge >= 0.3 is 0 Å². The lowest BCUT2D eigenvalue weighted by Gasteiger charge is -2.05. The molecule has 0 aliphatic heterocycles. The molecule has 14 heavy (non-hydrogen) atoms. The molecule has 0 aliphatic rings. The second-order valence-corrected chi connectivity index (χ2v) is 3.09. The Morgan fingerprint density at radius 1 is 1.57 bits per heavy atom. The summed E-state index contributed by atoms with van der Waals surface area (Å²) in [4.78, 5) is 0. The molecule has 76 valence electrons. The van der Waals surface area contributed by atoms with Gasteiger partial charge in [0.05, 0.1) is 12.1 Å². The van der Waals surface area contributed by atoms with E-state index >= 15 is 0 Å². The van der Waals surface area contributed by atoms with Crippen LogP contribution in [0.2, 0.25) is 5.02 Å². The van der Waals surface area contributed by atoms with Gasteiger partial charge in [-0.3, -0.25) is 0 Å². The monoisotopic (exact) mass is 213 g/mol.